The first-order valence-corrected chi connectivity index (χ1v) is 7.44. The minimum Gasteiger partial charge on any atom is -0.236 e. The number of hydrogen-bond donors (Lipinski definition) is 0. The summed E-state index contributed by atoms with van der Waals surface area (Å²) < 4.78 is 3.47. The van der Waals surface area contributed by atoms with Crippen molar-refractivity contribution in [2.45, 2.75) is 26.8 Å². The van der Waals surface area contributed by atoms with Crippen molar-refractivity contribution >= 4 is 21.6 Å². The number of rotatable bonds is 3. The van der Waals surface area contributed by atoms with Crippen molar-refractivity contribution in [3.8, 4) is 10.6 Å². The summed E-state index contributed by atoms with van der Waals surface area (Å²) >= 11 is 1.76. The Morgan fingerprint density at radius 3 is 2.68 bits per heavy atom. The fourth-order valence-corrected chi connectivity index (χ4v) is 3.23. The third kappa shape index (κ3) is 2.51. The molecule has 2 aromatic heterocycles. The van der Waals surface area contributed by atoms with Gasteiger partial charge in [-0.25, -0.2) is 9.55 Å². The average molecular weight is 269 g/mol. The number of aryl methyl sites for hydroxylation is 2. The van der Waals surface area contributed by atoms with Gasteiger partial charge in [0.1, 0.15) is 11.6 Å². The summed E-state index contributed by atoms with van der Waals surface area (Å²) in [6.07, 6.45) is 5.43. The molecular formula is C16H17N2S+. The molecule has 2 heterocycles. The zero-order valence-electron chi connectivity index (χ0n) is 11.3. The number of thiazole rings is 1. The highest BCUT2D eigenvalue weighted by Crippen LogP contribution is 2.30. The molecule has 0 atom stereocenters. The van der Waals surface area contributed by atoms with Crippen LogP contribution in [-0.4, -0.2) is 4.98 Å². The molecule has 0 aliphatic heterocycles. The lowest BCUT2D eigenvalue weighted by Crippen LogP contribution is -2.31. The minimum absolute atomic E-state index is 1.07. The van der Waals surface area contributed by atoms with Crippen LogP contribution in [0.15, 0.2) is 42.7 Å². The van der Waals surface area contributed by atoms with Gasteiger partial charge in [-0.2, -0.15) is 0 Å². The summed E-state index contributed by atoms with van der Waals surface area (Å²) in [6, 6.07) is 10.7. The van der Waals surface area contributed by atoms with Crippen molar-refractivity contribution in [1.29, 1.82) is 0 Å². The van der Waals surface area contributed by atoms with Crippen LogP contribution in [0, 0.1) is 6.92 Å². The van der Waals surface area contributed by atoms with E-state index in [1.54, 1.807) is 11.3 Å². The zero-order chi connectivity index (χ0) is 13.2. The number of nitrogens with zero attached hydrogens (tertiary/aromatic N) is 2. The van der Waals surface area contributed by atoms with Crippen molar-refractivity contribution in [2.75, 3.05) is 0 Å². The Bertz CT molecular complexity index is 698. The lowest BCUT2D eigenvalue weighted by atomic mass is 10.2. The Kier molecular flexibility index (Phi) is 3.30. The van der Waals surface area contributed by atoms with Gasteiger partial charge >= 0.3 is 0 Å². The average Bonchev–Trinajstić information content (AvgIpc) is 2.83. The van der Waals surface area contributed by atoms with Crippen LogP contribution in [0.2, 0.25) is 0 Å². The molecule has 0 radical (unpaired) electrons. The largest absolute Gasteiger partial charge is 0.236 e. The summed E-state index contributed by atoms with van der Waals surface area (Å²) in [5.41, 5.74) is 3.58. The Morgan fingerprint density at radius 2 is 1.95 bits per heavy atom. The molecule has 19 heavy (non-hydrogen) atoms. The van der Waals surface area contributed by atoms with Crippen LogP contribution in [0.3, 0.4) is 0 Å². The van der Waals surface area contributed by atoms with E-state index in [2.05, 4.69) is 61.1 Å². The molecule has 0 unspecified atom stereocenters. The standard InChI is InChI=1S/C16H17N2S/c1-3-8-18-9-6-13(7-10-18)16-17-14-5-4-12(2)11-15(14)19-16/h4-7,9-11H,3,8H2,1-2H3/q+1. The van der Waals surface area contributed by atoms with Crippen LogP contribution in [0.4, 0.5) is 0 Å². The van der Waals surface area contributed by atoms with E-state index < -0.39 is 0 Å². The van der Waals surface area contributed by atoms with Crippen molar-refractivity contribution in [3.63, 3.8) is 0 Å². The van der Waals surface area contributed by atoms with Crippen LogP contribution in [0.5, 0.6) is 0 Å². The second-order valence-corrected chi connectivity index (χ2v) is 5.85. The normalized spacial score (nSPS) is 11.1. The predicted octanol–water partition coefficient (Wildman–Crippen LogP) is 3.97. The smallest absolute Gasteiger partial charge is 0.169 e. The van der Waals surface area contributed by atoms with Gasteiger partial charge < -0.3 is 0 Å². The molecule has 0 amide bonds. The molecule has 1 aromatic carbocycles. The molecule has 96 valence electrons. The summed E-state index contributed by atoms with van der Waals surface area (Å²) in [5, 5.41) is 1.10. The van der Waals surface area contributed by atoms with Gasteiger partial charge in [-0.15, -0.1) is 11.3 Å². The molecule has 3 heteroatoms. The maximum Gasteiger partial charge on any atom is 0.169 e. The first-order valence-electron chi connectivity index (χ1n) is 6.63. The van der Waals surface area contributed by atoms with Gasteiger partial charge in [-0.3, -0.25) is 0 Å². The summed E-state index contributed by atoms with van der Waals surface area (Å²) in [7, 11) is 0. The number of fused-ring (bicyclic) bond motifs is 1. The van der Waals surface area contributed by atoms with Crippen LogP contribution in [-0.2, 0) is 6.54 Å². The van der Waals surface area contributed by atoms with Gasteiger partial charge in [-0.05, 0) is 24.6 Å². The third-order valence-corrected chi connectivity index (χ3v) is 4.23. The number of hydrogen-bond acceptors (Lipinski definition) is 2. The second-order valence-electron chi connectivity index (χ2n) is 4.81. The summed E-state index contributed by atoms with van der Waals surface area (Å²) in [6.45, 7) is 5.38. The fraction of sp³-hybridized carbons (Fsp3) is 0.250. The van der Waals surface area contributed by atoms with Crippen LogP contribution < -0.4 is 4.57 Å². The first-order chi connectivity index (χ1) is 9.26. The van der Waals surface area contributed by atoms with E-state index in [4.69, 9.17) is 4.98 Å². The van der Waals surface area contributed by atoms with E-state index in [9.17, 15) is 0 Å². The molecule has 0 bridgehead atoms. The molecular weight excluding hydrogens is 252 g/mol. The highest BCUT2D eigenvalue weighted by Gasteiger charge is 2.08. The molecule has 0 aliphatic rings. The Labute approximate surface area is 117 Å². The van der Waals surface area contributed by atoms with Gasteiger partial charge in [0, 0.05) is 24.1 Å². The van der Waals surface area contributed by atoms with Gasteiger partial charge in [-0.1, -0.05) is 13.0 Å². The number of pyridine rings is 1. The topological polar surface area (TPSA) is 16.8 Å². The van der Waals surface area contributed by atoms with E-state index in [-0.39, 0.29) is 0 Å². The summed E-state index contributed by atoms with van der Waals surface area (Å²) in [5.74, 6) is 0. The highest BCUT2D eigenvalue weighted by atomic mass is 32.1. The Balaban J connectivity index is 1.99. The SMILES string of the molecule is CCC[n+]1ccc(-c2nc3ccc(C)cc3s2)cc1. The van der Waals surface area contributed by atoms with Gasteiger partial charge in [0.05, 0.1) is 10.2 Å². The maximum absolute atomic E-state index is 4.71. The van der Waals surface area contributed by atoms with Crippen LogP contribution in [0.25, 0.3) is 20.8 Å². The molecule has 0 aliphatic carbocycles. The molecule has 0 saturated carbocycles. The monoisotopic (exact) mass is 269 g/mol. The minimum atomic E-state index is 1.07. The Morgan fingerprint density at radius 1 is 1.16 bits per heavy atom. The zero-order valence-corrected chi connectivity index (χ0v) is 12.1. The fourth-order valence-electron chi connectivity index (χ4n) is 2.16. The van der Waals surface area contributed by atoms with Crippen molar-refractivity contribution < 1.29 is 4.57 Å². The Hall–Kier alpha value is -1.74. The molecule has 0 N–H and O–H groups in total. The predicted molar refractivity (Wildman–Crippen MR) is 80.3 cm³/mol. The van der Waals surface area contributed by atoms with Gasteiger partial charge in [0.15, 0.2) is 12.4 Å². The highest BCUT2D eigenvalue weighted by molar-refractivity contribution is 7.21. The van der Waals surface area contributed by atoms with Crippen LogP contribution in [0.1, 0.15) is 18.9 Å². The molecule has 2 nitrogen and oxygen atoms in total. The summed E-state index contributed by atoms with van der Waals surface area (Å²) in [4.78, 5) is 4.71. The number of benzene rings is 1. The molecule has 3 rings (SSSR count). The first kappa shape index (κ1) is 12.3. The van der Waals surface area contributed by atoms with Gasteiger partial charge in [0.2, 0.25) is 0 Å². The van der Waals surface area contributed by atoms with Crippen molar-refractivity contribution in [1.82, 2.24) is 4.98 Å². The van der Waals surface area contributed by atoms with Gasteiger partial charge in [0.25, 0.3) is 0 Å². The lowest BCUT2D eigenvalue weighted by Gasteiger charge is -1.95. The molecule has 3 aromatic rings. The van der Waals surface area contributed by atoms with E-state index in [0.29, 0.717) is 0 Å². The molecule has 0 saturated heterocycles. The third-order valence-electron chi connectivity index (χ3n) is 3.16. The van der Waals surface area contributed by atoms with E-state index >= 15 is 0 Å². The molecule has 0 spiro atoms. The van der Waals surface area contributed by atoms with E-state index in [0.717, 1.165) is 23.5 Å². The van der Waals surface area contributed by atoms with Crippen molar-refractivity contribution in [2.24, 2.45) is 0 Å². The van der Waals surface area contributed by atoms with Crippen molar-refractivity contribution in [3.05, 3.63) is 48.3 Å². The second kappa shape index (κ2) is 5.10. The quantitative estimate of drug-likeness (QED) is 0.657. The molecule has 0 fully saturated rings. The van der Waals surface area contributed by atoms with E-state index in [1.165, 1.54) is 15.8 Å². The number of aromatic nitrogens is 2. The lowest BCUT2D eigenvalue weighted by molar-refractivity contribution is -0.696. The van der Waals surface area contributed by atoms with E-state index in [1.807, 2.05) is 0 Å². The van der Waals surface area contributed by atoms with Crippen LogP contribution >= 0.6 is 11.3 Å². The maximum atomic E-state index is 4.71.